The molecule has 6 heteroatoms. The van der Waals surface area contributed by atoms with Crippen molar-refractivity contribution in [2.24, 2.45) is 5.92 Å². The van der Waals surface area contributed by atoms with Crippen LogP contribution in [0.2, 0.25) is 0 Å². The predicted molar refractivity (Wildman–Crippen MR) is 95.2 cm³/mol. The van der Waals surface area contributed by atoms with E-state index in [4.69, 9.17) is 9.72 Å². The first-order chi connectivity index (χ1) is 11.6. The molecule has 1 atom stereocenters. The van der Waals surface area contributed by atoms with Crippen molar-refractivity contribution < 1.29 is 4.74 Å². The van der Waals surface area contributed by atoms with Gasteiger partial charge in [-0.15, -0.1) is 0 Å². The van der Waals surface area contributed by atoms with Crippen LogP contribution in [-0.4, -0.2) is 41.3 Å². The third-order valence-electron chi connectivity index (χ3n) is 4.15. The summed E-state index contributed by atoms with van der Waals surface area (Å²) in [4.78, 5) is 15.7. The van der Waals surface area contributed by atoms with Crippen molar-refractivity contribution in [2.45, 2.75) is 26.8 Å². The van der Waals surface area contributed by atoms with Crippen LogP contribution in [0.25, 0.3) is 0 Å². The molecule has 0 spiro atoms. The number of pyridine rings is 1. The molecule has 1 fully saturated rings. The van der Waals surface area contributed by atoms with Crippen molar-refractivity contribution in [3.63, 3.8) is 0 Å². The normalized spacial score (nSPS) is 16.2. The van der Waals surface area contributed by atoms with Crippen molar-refractivity contribution in [1.82, 2.24) is 15.0 Å². The number of anilines is 2. The van der Waals surface area contributed by atoms with Crippen LogP contribution in [-0.2, 0) is 4.74 Å². The van der Waals surface area contributed by atoms with Crippen LogP contribution in [0.5, 0.6) is 0 Å². The number of aromatic nitrogens is 3. The van der Waals surface area contributed by atoms with E-state index in [9.17, 15) is 0 Å². The number of rotatable bonds is 5. The Kier molecular flexibility index (Phi) is 5.25. The molecule has 3 rings (SSSR count). The van der Waals surface area contributed by atoms with Gasteiger partial charge in [-0.05, 0) is 24.5 Å². The third kappa shape index (κ3) is 4.00. The summed E-state index contributed by atoms with van der Waals surface area (Å²) in [5.74, 6) is 2.04. The highest BCUT2D eigenvalue weighted by Gasteiger charge is 2.19. The van der Waals surface area contributed by atoms with Gasteiger partial charge in [0.15, 0.2) is 0 Å². The summed E-state index contributed by atoms with van der Waals surface area (Å²) < 4.78 is 5.42. The van der Waals surface area contributed by atoms with Crippen molar-refractivity contribution in [3.8, 4) is 0 Å². The first-order valence-electron chi connectivity index (χ1n) is 8.48. The second kappa shape index (κ2) is 7.57. The highest BCUT2D eigenvalue weighted by atomic mass is 16.5. The zero-order valence-electron chi connectivity index (χ0n) is 14.6. The summed E-state index contributed by atoms with van der Waals surface area (Å²) in [5, 5.41) is 3.57. The van der Waals surface area contributed by atoms with Gasteiger partial charge in [0, 0.05) is 37.2 Å². The molecule has 1 aliphatic heterocycles. The monoisotopic (exact) mass is 327 g/mol. The van der Waals surface area contributed by atoms with E-state index in [0.29, 0.717) is 5.92 Å². The lowest BCUT2D eigenvalue weighted by Gasteiger charge is -2.28. The topological polar surface area (TPSA) is 63.2 Å². The molecule has 2 aromatic rings. The number of nitrogens with one attached hydrogen (secondary N) is 1. The van der Waals surface area contributed by atoms with Gasteiger partial charge in [0.05, 0.1) is 19.3 Å². The van der Waals surface area contributed by atoms with Crippen molar-refractivity contribution in [3.05, 3.63) is 41.9 Å². The molecule has 1 aliphatic rings. The lowest BCUT2D eigenvalue weighted by molar-refractivity contribution is 0.122. The Hall–Kier alpha value is -2.21. The first-order valence-corrected chi connectivity index (χ1v) is 8.48. The molecule has 0 aromatic carbocycles. The molecule has 0 radical (unpaired) electrons. The summed E-state index contributed by atoms with van der Waals surface area (Å²) in [7, 11) is 0. The van der Waals surface area contributed by atoms with E-state index in [1.807, 2.05) is 25.3 Å². The van der Waals surface area contributed by atoms with E-state index >= 15 is 0 Å². The van der Waals surface area contributed by atoms with E-state index < -0.39 is 0 Å². The zero-order chi connectivity index (χ0) is 16.9. The van der Waals surface area contributed by atoms with Crippen LogP contribution >= 0.6 is 0 Å². The van der Waals surface area contributed by atoms with E-state index in [1.165, 1.54) is 0 Å². The Balaban J connectivity index is 1.84. The molecule has 1 saturated heterocycles. The SMILES string of the molecule is Cc1cc(N[C@H](c2cccnc2)C(C)C)nc(N2CCOCC2)n1. The van der Waals surface area contributed by atoms with Gasteiger partial charge in [0.1, 0.15) is 5.82 Å². The third-order valence-corrected chi connectivity index (χ3v) is 4.15. The van der Waals surface area contributed by atoms with Crippen LogP contribution in [0, 0.1) is 12.8 Å². The number of ether oxygens (including phenoxy) is 1. The van der Waals surface area contributed by atoms with Gasteiger partial charge in [-0.1, -0.05) is 19.9 Å². The molecular weight excluding hydrogens is 302 g/mol. The molecule has 3 heterocycles. The highest BCUT2D eigenvalue weighted by Crippen LogP contribution is 2.26. The summed E-state index contributed by atoms with van der Waals surface area (Å²) in [6.45, 7) is 9.52. The van der Waals surface area contributed by atoms with Gasteiger partial charge in [0.2, 0.25) is 5.95 Å². The van der Waals surface area contributed by atoms with Crippen LogP contribution in [0.1, 0.15) is 31.1 Å². The predicted octanol–water partition coefficient (Wildman–Crippen LogP) is 2.83. The molecule has 0 amide bonds. The second-order valence-electron chi connectivity index (χ2n) is 6.45. The number of nitrogens with zero attached hydrogens (tertiary/aromatic N) is 4. The maximum Gasteiger partial charge on any atom is 0.227 e. The van der Waals surface area contributed by atoms with Gasteiger partial charge >= 0.3 is 0 Å². The Morgan fingerprint density at radius 1 is 1.21 bits per heavy atom. The smallest absolute Gasteiger partial charge is 0.227 e. The van der Waals surface area contributed by atoms with Crippen LogP contribution < -0.4 is 10.2 Å². The van der Waals surface area contributed by atoms with E-state index in [0.717, 1.165) is 49.3 Å². The maximum atomic E-state index is 5.42. The number of morpholine rings is 1. The molecular formula is C18H25N5O. The van der Waals surface area contributed by atoms with E-state index in [2.05, 4.69) is 40.1 Å². The lowest BCUT2D eigenvalue weighted by atomic mass is 9.97. The van der Waals surface area contributed by atoms with E-state index in [-0.39, 0.29) is 6.04 Å². The fraction of sp³-hybridized carbons (Fsp3) is 0.500. The summed E-state index contributed by atoms with van der Waals surface area (Å²) in [5.41, 5.74) is 2.12. The molecule has 6 nitrogen and oxygen atoms in total. The Labute approximate surface area is 143 Å². The summed E-state index contributed by atoms with van der Waals surface area (Å²) in [6.07, 6.45) is 3.71. The van der Waals surface area contributed by atoms with Gasteiger partial charge in [0.25, 0.3) is 0 Å². The molecule has 2 aromatic heterocycles. The van der Waals surface area contributed by atoms with Crippen LogP contribution in [0.3, 0.4) is 0 Å². The van der Waals surface area contributed by atoms with Crippen LogP contribution in [0.4, 0.5) is 11.8 Å². The second-order valence-corrected chi connectivity index (χ2v) is 6.45. The molecule has 0 bridgehead atoms. The van der Waals surface area contributed by atoms with Crippen molar-refractivity contribution in [2.75, 3.05) is 36.5 Å². The van der Waals surface area contributed by atoms with Crippen molar-refractivity contribution in [1.29, 1.82) is 0 Å². The largest absolute Gasteiger partial charge is 0.378 e. The molecule has 128 valence electrons. The Morgan fingerprint density at radius 2 is 2.00 bits per heavy atom. The fourth-order valence-electron chi connectivity index (χ4n) is 2.89. The van der Waals surface area contributed by atoms with Crippen molar-refractivity contribution >= 4 is 11.8 Å². The standard InChI is InChI=1S/C18H25N5O/c1-13(2)17(15-5-4-6-19-12-15)21-16-11-14(3)20-18(22-16)23-7-9-24-10-8-23/h4-6,11-13,17H,7-10H2,1-3H3,(H,20,21,22)/t17-/m0/s1. The Bertz CT molecular complexity index is 656. The molecule has 24 heavy (non-hydrogen) atoms. The quantitative estimate of drug-likeness (QED) is 0.911. The first kappa shape index (κ1) is 16.6. The van der Waals surface area contributed by atoms with Gasteiger partial charge < -0.3 is 15.0 Å². The number of hydrogen-bond acceptors (Lipinski definition) is 6. The van der Waals surface area contributed by atoms with Gasteiger partial charge in [-0.2, -0.15) is 4.98 Å². The Morgan fingerprint density at radius 3 is 2.67 bits per heavy atom. The number of aryl methyl sites for hydroxylation is 1. The van der Waals surface area contributed by atoms with E-state index in [1.54, 1.807) is 6.20 Å². The van der Waals surface area contributed by atoms with Crippen LogP contribution in [0.15, 0.2) is 30.6 Å². The summed E-state index contributed by atoms with van der Waals surface area (Å²) in [6, 6.07) is 6.22. The lowest BCUT2D eigenvalue weighted by Crippen LogP contribution is -2.37. The molecule has 0 aliphatic carbocycles. The minimum absolute atomic E-state index is 0.158. The molecule has 0 saturated carbocycles. The summed E-state index contributed by atoms with van der Waals surface area (Å²) >= 11 is 0. The van der Waals surface area contributed by atoms with Gasteiger partial charge in [-0.3, -0.25) is 4.98 Å². The minimum Gasteiger partial charge on any atom is -0.378 e. The highest BCUT2D eigenvalue weighted by molar-refractivity contribution is 5.45. The fourth-order valence-corrected chi connectivity index (χ4v) is 2.89. The average Bonchev–Trinajstić information content (AvgIpc) is 2.60. The molecule has 1 N–H and O–H groups in total. The van der Waals surface area contributed by atoms with Gasteiger partial charge in [-0.25, -0.2) is 4.98 Å². The minimum atomic E-state index is 0.158. The number of hydrogen-bond donors (Lipinski definition) is 1. The average molecular weight is 327 g/mol. The maximum absolute atomic E-state index is 5.42. The zero-order valence-corrected chi connectivity index (χ0v) is 14.6. The molecule has 0 unspecified atom stereocenters.